The minimum Gasteiger partial charge on any atom is -0.489 e. The fourth-order valence-corrected chi connectivity index (χ4v) is 5.30. The van der Waals surface area contributed by atoms with Crippen molar-refractivity contribution in [3.8, 4) is 11.5 Å². The van der Waals surface area contributed by atoms with Gasteiger partial charge >= 0.3 is 11.9 Å². The van der Waals surface area contributed by atoms with Crippen molar-refractivity contribution in [2.75, 3.05) is 39.6 Å². The predicted molar refractivity (Wildman–Crippen MR) is 188 cm³/mol. The topological polar surface area (TPSA) is 89.5 Å². The van der Waals surface area contributed by atoms with Gasteiger partial charge in [0.15, 0.2) is 12.2 Å². The molecule has 0 saturated carbocycles. The summed E-state index contributed by atoms with van der Waals surface area (Å²) >= 11 is 0. The summed E-state index contributed by atoms with van der Waals surface area (Å²) in [5.41, 5.74) is 0.844. The SMILES string of the molecule is C=CC(=O)OC(COCC(CC)CCCC)COc1cc(C)c(OCC(COCC(CC)CCCC)OC(=O)C=C)c2ccccc12. The molecule has 0 fully saturated rings. The molecule has 4 unspecified atom stereocenters. The van der Waals surface area contributed by atoms with Crippen LogP contribution in [0.25, 0.3) is 10.8 Å². The number of aryl methyl sites for hydroxylation is 1. The van der Waals surface area contributed by atoms with E-state index >= 15 is 0 Å². The first kappa shape index (κ1) is 39.8. The molecule has 0 heterocycles. The van der Waals surface area contributed by atoms with Crippen LogP contribution in [0.15, 0.2) is 55.6 Å². The van der Waals surface area contributed by atoms with E-state index in [9.17, 15) is 9.59 Å². The summed E-state index contributed by atoms with van der Waals surface area (Å²) in [5, 5.41) is 1.69. The number of ether oxygens (including phenoxy) is 6. The highest BCUT2D eigenvalue weighted by Gasteiger charge is 2.21. The number of hydrogen-bond acceptors (Lipinski definition) is 8. The van der Waals surface area contributed by atoms with Crippen LogP contribution in [0.1, 0.15) is 84.6 Å². The standard InChI is InChI=1S/C39H58O8/c1-8-14-18-30(10-3)23-42-25-32(46-37(40)12-5)27-44-36-22-29(7)39(35-21-17-16-20-34(35)36)45-28-33(47-38(41)13-6)26-43-24-31(11-4)19-15-9-2/h12-13,16-17,20-22,30-33H,5-6,8-11,14-15,18-19,23-28H2,1-4,7H3. The number of hydrogen-bond donors (Lipinski definition) is 0. The van der Waals surface area contributed by atoms with Crippen molar-refractivity contribution < 1.29 is 38.0 Å². The monoisotopic (exact) mass is 654 g/mol. The van der Waals surface area contributed by atoms with Gasteiger partial charge in [-0.15, -0.1) is 0 Å². The number of rotatable bonds is 26. The molecule has 2 aromatic carbocycles. The Labute approximate surface area is 282 Å². The van der Waals surface area contributed by atoms with Crippen molar-refractivity contribution in [1.82, 2.24) is 0 Å². The first-order valence-electron chi connectivity index (χ1n) is 17.4. The van der Waals surface area contributed by atoms with Crippen molar-refractivity contribution in [2.45, 2.75) is 98.2 Å². The lowest BCUT2D eigenvalue weighted by molar-refractivity contribution is -0.149. The van der Waals surface area contributed by atoms with Crippen LogP contribution >= 0.6 is 0 Å². The zero-order valence-electron chi connectivity index (χ0n) is 29.4. The molecule has 0 bridgehead atoms. The summed E-state index contributed by atoms with van der Waals surface area (Å²) < 4.78 is 35.8. The molecule has 0 aliphatic carbocycles. The third kappa shape index (κ3) is 14.5. The van der Waals surface area contributed by atoms with Crippen molar-refractivity contribution in [3.63, 3.8) is 0 Å². The molecule has 4 atom stereocenters. The number of unbranched alkanes of at least 4 members (excludes halogenated alkanes) is 2. The van der Waals surface area contributed by atoms with Crippen LogP contribution in [0.4, 0.5) is 0 Å². The van der Waals surface area contributed by atoms with Gasteiger partial charge in [0.05, 0.1) is 13.2 Å². The lowest BCUT2D eigenvalue weighted by Crippen LogP contribution is -2.30. The van der Waals surface area contributed by atoms with Gasteiger partial charge in [0.25, 0.3) is 0 Å². The Morgan fingerprint density at radius 2 is 1.19 bits per heavy atom. The van der Waals surface area contributed by atoms with Gasteiger partial charge in [-0.05, 0) is 43.2 Å². The van der Waals surface area contributed by atoms with Crippen molar-refractivity contribution >= 4 is 22.7 Å². The van der Waals surface area contributed by atoms with Crippen LogP contribution in [0.2, 0.25) is 0 Å². The highest BCUT2D eigenvalue weighted by atomic mass is 16.6. The van der Waals surface area contributed by atoms with E-state index in [2.05, 4.69) is 40.9 Å². The van der Waals surface area contributed by atoms with E-state index in [4.69, 9.17) is 28.4 Å². The molecule has 47 heavy (non-hydrogen) atoms. The Kier molecular flexibility index (Phi) is 19.5. The summed E-state index contributed by atoms with van der Waals surface area (Å²) in [4.78, 5) is 24.2. The highest BCUT2D eigenvalue weighted by Crippen LogP contribution is 2.37. The van der Waals surface area contributed by atoms with Gasteiger partial charge in [0.1, 0.15) is 24.7 Å². The molecule has 0 aliphatic heterocycles. The van der Waals surface area contributed by atoms with Gasteiger partial charge in [-0.25, -0.2) is 9.59 Å². The normalized spacial score (nSPS) is 13.7. The van der Waals surface area contributed by atoms with E-state index in [0.29, 0.717) is 36.5 Å². The number of fused-ring (bicyclic) bond motifs is 1. The molecule has 0 aromatic heterocycles. The summed E-state index contributed by atoms with van der Waals surface area (Å²) in [6, 6.07) is 9.69. The van der Waals surface area contributed by atoms with E-state index in [-0.39, 0.29) is 26.4 Å². The second-order valence-corrected chi connectivity index (χ2v) is 12.1. The fraction of sp³-hybridized carbons (Fsp3) is 0.590. The summed E-state index contributed by atoms with van der Waals surface area (Å²) in [6.45, 7) is 19.6. The minimum absolute atomic E-state index is 0.114. The van der Waals surface area contributed by atoms with Gasteiger partial charge in [-0.1, -0.05) is 104 Å². The largest absolute Gasteiger partial charge is 0.489 e. The molecule has 0 saturated heterocycles. The highest BCUT2D eigenvalue weighted by molar-refractivity contribution is 5.94. The maximum Gasteiger partial charge on any atom is 0.330 e. The van der Waals surface area contributed by atoms with E-state index < -0.39 is 24.1 Å². The van der Waals surface area contributed by atoms with Gasteiger partial charge in [0.2, 0.25) is 0 Å². The smallest absolute Gasteiger partial charge is 0.330 e. The number of carbonyl (C=O) groups excluding carboxylic acids is 2. The molecule has 2 rings (SSSR count). The van der Waals surface area contributed by atoms with Gasteiger partial charge < -0.3 is 28.4 Å². The Morgan fingerprint density at radius 3 is 1.66 bits per heavy atom. The molecule has 8 heteroatoms. The van der Waals surface area contributed by atoms with Gasteiger partial charge in [-0.3, -0.25) is 0 Å². The quantitative estimate of drug-likeness (QED) is 0.0736. The molecule has 0 spiro atoms. The first-order valence-corrected chi connectivity index (χ1v) is 17.4. The third-order valence-electron chi connectivity index (χ3n) is 8.28. The molecule has 0 amide bonds. The average molecular weight is 655 g/mol. The molecule has 8 nitrogen and oxygen atoms in total. The second kappa shape index (κ2) is 23.0. The number of benzene rings is 2. The molecule has 262 valence electrons. The average Bonchev–Trinajstić information content (AvgIpc) is 3.08. The number of carbonyl (C=O) groups is 2. The van der Waals surface area contributed by atoms with E-state index in [1.165, 1.54) is 12.8 Å². The summed E-state index contributed by atoms with van der Waals surface area (Å²) in [6.07, 6.45) is 10.0. The van der Waals surface area contributed by atoms with Gasteiger partial charge in [0, 0.05) is 36.1 Å². The maximum absolute atomic E-state index is 12.1. The molecule has 2 aromatic rings. The molecule has 0 N–H and O–H groups in total. The minimum atomic E-state index is -0.604. The second-order valence-electron chi connectivity index (χ2n) is 12.1. The Morgan fingerprint density at radius 1 is 0.702 bits per heavy atom. The van der Waals surface area contributed by atoms with E-state index in [1.54, 1.807) is 0 Å². The molecule has 0 aliphatic rings. The Bertz CT molecular complexity index is 1220. The van der Waals surface area contributed by atoms with Crippen LogP contribution in [0, 0.1) is 18.8 Å². The Hall–Kier alpha value is -3.36. The summed E-state index contributed by atoms with van der Waals surface area (Å²) in [7, 11) is 0. The first-order chi connectivity index (χ1) is 22.8. The van der Waals surface area contributed by atoms with Crippen LogP contribution in [0.3, 0.4) is 0 Å². The maximum atomic E-state index is 12.1. The number of esters is 2. The van der Waals surface area contributed by atoms with Crippen molar-refractivity contribution in [2.24, 2.45) is 11.8 Å². The van der Waals surface area contributed by atoms with Crippen LogP contribution in [-0.2, 0) is 28.5 Å². The van der Waals surface area contributed by atoms with E-state index in [1.807, 2.05) is 37.3 Å². The zero-order chi connectivity index (χ0) is 34.4. The van der Waals surface area contributed by atoms with Crippen LogP contribution in [0.5, 0.6) is 11.5 Å². The predicted octanol–water partition coefficient (Wildman–Crippen LogP) is 8.57. The molecule has 0 radical (unpaired) electrons. The molecular formula is C39H58O8. The zero-order valence-corrected chi connectivity index (χ0v) is 29.4. The fourth-order valence-electron chi connectivity index (χ4n) is 5.30. The van der Waals surface area contributed by atoms with Crippen LogP contribution < -0.4 is 9.47 Å². The van der Waals surface area contributed by atoms with Crippen LogP contribution in [-0.4, -0.2) is 63.8 Å². The van der Waals surface area contributed by atoms with Crippen molar-refractivity contribution in [1.29, 1.82) is 0 Å². The van der Waals surface area contributed by atoms with Gasteiger partial charge in [-0.2, -0.15) is 0 Å². The lowest BCUT2D eigenvalue weighted by Gasteiger charge is -2.23. The van der Waals surface area contributed by atoms with E-state index in [0.717, 1.165) is 67.0 Å². The third-order valence-corrected chi connectivity index (χ3v) is 8.28. The summed E-state index contributed by atoms with van der Waals surface area (Å²) in [5.74, 6) is 1.19. The lowest BCUT2D eigenvalue weighted by atomic mass is 10.0. The molecular weight excluding hydrogens is 596 g/mol. The van der Waals surface area contributed by atoms with Crippen molar-refractivity contribution in [3.05, 3.63) is 61.2 Å². The Balaban J connectivity index is 2.16.